The molecular formula is C16H21N3. The monoisotopic (exact) mass is 255 g/mol. The lowest BCUT2D eigenvalue weighted by atomic mass is 9.91. The second-order valence-corrected chi connectivity index (χ2v) is 5.96. The summed E-state index contributed by atoms with van der Waals surface area (Å²) in [6.07, 6.45) is 5.43. The van der Waals surface area contributed by atoms with Crippen LogP contribution in [-0.2, 0) is 0 Å². The number of anilines is 1. The molecule has 0 saturated carbocycles. The molecule has 1 aromatic rings. The number of nitriles is 1. The van der Waals surface area contributed by atoms with Gasteiger partial charge in [0.25, 0.3) is 0 Å². The van der Waals surface area contributed by atoms with Crippen molar-refractivity contribution in [2.75, 3.05) is 18.9 Å². The van der Waals surface area contributed by atoms with Crippen LogP contribution in [0.3, 0.4) is 0 Å². The van der Waals surface area contributed by atoms with Crippen LogP contribution in [0.4, 0.5) is 5.69 Å². The van der Waals surface area contributed by atoms with E-state index in [-0.39, 0.29) is 0 Å². The molecule has 0 aliphatic carbocycles. The number of hydrogen-bond donors (Lipinski definition) is 1. The minimum Gasteiger partial charge on any atom is -0.385 e. The fourth-order valence-corrected chi connectivity index (χ4v) is 3.62. The summed E-state index contributed by atoms with van der Waals surface area (Å²) in [6.45, 7) is 1.06. The van der Waals surface area contributed by atoms with Gasteiger partial charge >= 0.3 is 0 Å². The maximum Gasteiger partial charge on any atom is 0.0991 e. The number of piperidine rings is 1. The smallest absolute Gasteiger partial charge is 0.0991 e. The molecule has 2 aliphatic heterocycles. The fourth-order valence-electron chi connectivity index (χ4n) is 3.62. The van der Waals surface area contributed by atoms with Crippen molar-refractivity contribution < 1.29 is 0 Å². The molecule has 0 radical (unpaired) electrons. The topological polar surface area (TPSA) is 39.1 Å². The van der Waals surface area contributed by atoms with Gasteiger partial charge in [-0.3, -0.25) is 0 Å². The first kappa shape index (κ1) is 12.5. The van der Waals surface area contributed by atoms with Crippen molar-refractivity contribution in [3.8, 4) is 6.07 Å². The summed E-state index contributed by atoms with van der Waals surface area (Å²) in [5.41, 5.74) is 1.85. The first-order valence-electron chi connectivity index (χ1n) is 7.22. The zero-order valence-electron chi connectivity index (χ0n) is 11.5. The second kappa shape index (κ2) is 5.22. The number of benzene rings is 1. The summed E-state index contributed by atoms with van der Waals surface area (Å²) in [6, 6.07) is 11.5. The van der Waals surface area contributed by atoms with Gasteiger partial charge in [0.15, 0.2) is 0 Å². The maximum atomic E-state index is 8.78. The maximum absolute atomic E-state index is 8.78. The Balaban J connectivity index is 1.54. The Bertz CT molecular complexity index is 460. The van der Waals surface area contributed by atoms with E-state index in [0.717, 1.165) is 35.8 Å². The van der Waals surface area contributed by atoms with E-state index < -0.39 is 0 Å². The third kappa shape index (κ3) is 2.59. The first-order valence-corrected chi connectivity index (χ1v) is 7.22. The van der Waals surface area contributed by atoms with Crippen LogP contribution in [0.5, 0.6) is 0 Å². The van der Waals surface area contributed by atoms with Gasteiger partial charge in [-0.2, -0.15) is 5.26 Å². The summed E-state index contributed by atoms with van der Waals surface area (Å²) in [5, 5.41) is 12.3. The van der Waals surface area contributed by atoms with Crippen molar-refractivity contribution in [1.82, 2.24) is 4.90 Å². The van der Waals surface area contributed by atoms with E-state index >= 15 is 0 Å². The lowest BCUT2D eigenvalue weighted by Crippen LogP contribution is -2.41. The fraction of sp³-hybridized carbons (Fsp3) is 0.562. The van der Waals surface area contributed by atoms with Crippen molar-refractivity contribution in [3.05, 3.63) is 29.8 Å². The van der Waals surface area contributed by atoms with E-state index in [1.807, 2.05) is 24.3 Å². The highest BCUT2D eigenvalue weighted by Crippen LogP contribution is 2.37. The van der Waals surface area contributed by atoms with Gasteiger partial charge < -0.3 is 10.2 Å². The van der Waals surface area contributed by atoms with Crippen LogP contribution in [0.1, 0.15) is 31.2 Å². The Morgan fingerprint density at radius 3 is 2.42 bits per heavy atom. The minimum absolute atomic E-state index is 0.725. The average molecular weight is 255 g/mol. The molecule has 3 rings (SSSR count). The van der Waals surface area contributed by atoms with Gasteiger partial charge in [-0.05, 0) is 62.9 Å². The summed E-state index contributed by atoms with van der Waals surface area (Å²) in [7, 11) is 2.28. The number of fused-ring (bicyclic) bond motifs is 2. The molecule has 2 saturated heterocycles. The predicted molar refractivity (Wildman–Crippen MR) is 76.9 cm³/mol. The Labute approximate surface area is 115 Å². The van der Waals surface area contributed by atoms with E-state index in [1.54, 1.807) is 0 Å². The first-order chi connectivity index (χ1) is 9.26. The van der Waals surface area contributed by atoms with Gasteiger partial charge in [0.2, 0.25) is 0 Å². The molecule has 3 heteroatoms. The molecule has 19 heavy (non-hydrogen) atoms. The lowest BCUT2D eigenvalue weighted by Gasteiger charge is -2.36. The van der Waals surface area contributed by atoms with E-state index in [0.29, 0.717) is 0 Å². The second-order valence-electron chi connectivity index (χ2n) is 5.96. The molecule has 3 nitrogen and oxygen atoms in total. The Morgan fingerprint density at radius 1 is 1.21 bits per heavy atom. The Kier molecular flexibility index (Phi) is 3.44. The standard InChI is InChI=1S/C16H21N3/c1-19-15-6-7-16(19)9-13(8-15)11-18-14-4-2-12(10-17)3-5-14/h2-5,13,15-16,18H,6-9,11H2,1H3. The Hall–Kier alpha value is -1.53. The van der Waals surface area contributed by atoms with Gasteiger partial charge in [0.1, 0.15) is 0 Å². The van der Waals surface area contributed by atoms with Gasteiger partial charge in [0.05, 0.1) is 11.6 Å². The van der Waals surface area contributed by atoms with Crippen molar-refractivity contribution in [2.24, 2.45) is 5.92 Å². The molecule has 100 valence electrons. The SMILES string of the molecule is CN1C2CCC1CC(CNc1ccc(C#N)cc1)C2. The Morgan fingerprint density at radius 2 is 1.84 bits per heavy atom. The van der Waals surface area contributed by atoms with Crippen LogP contribution in [0.25, 0.3) is 0 Å². The van der Waals surface area contributed by atoms with Crippen LogP contribution < -0.4 is 5.32 Å². The van der Waals surface area contributed by atoms with Crippen molar-refractivity contribution >= 4 is 5.69 Å². The lowest BCUT2D eigenvalue weighted by molar-refractivity contribution is 0.139. The molecule has 1 aromatic carbocycles. The van der Waals surface area contributed by atoms with E-state index in [1.165, 1.54) is 25.7 Å². The van der Waals surface area contributed by atoms with Crippen molar-refractivity contribution in [3.63, 3.8) is 0 Å². The van der Waals surface area contributed by atoms with Crippen LogP contribution in [-0.4, -0.2) is 30.6 Å². The summed E-state index contributed by atoms with van der Waals surface area (Å²) in [4.78, 5) is 2.58. The van der Waals surface area contributed by atoms with Gasteiger partial charge in [0, 0.05) is 24.3 Å². The molecule has 0 amide bonds. The third-order valence-electron chi connectivity index (χ3n) is 4.80. The molecule has 2 unspecified atom stereocenters. The highest BCUT2D eigenvalue weighted by Gasteiger charge is 2.37. The van der Waals surface area contributed by atoms with Crippen LogP contribution in [0.15, 0.2) is 24.3 Å². The van der Waals surface area contributed by atoms with Crippen LogP contribution >= 0.6 is 0 Å². The molecule has 2 atom stereocenters. The molecule has 2 aliphatic rings. The molecule has 2 heterocycles. The van der Waals surface area contributed by atoms with E-state index in [4.69, 9.17) is 5.26 Å². The molecule has 1 N–H and O–H groups in total. The van der Waals surface area contributed by atoms with Crippen LogP contribution in [0.2, 0.25) is 0 Å². The summed E-state index contributed by atoms with van der Waals surface area (Å²) < 4.78 is 0. The van der Waals surface area contributed by atoms with Crippen molar-refractivity contribution in [2.45, 2.75) is 37.8 Å². The average Bonchev–Trinajstić information content (AvgIpc) is 2.68. The highest BCUT2D eigenvalue weighted by atomic mass is 15.2. The molecule has 2 bridgehead atoms. The number of nitrogens with zero attached hydrogens (tertiary/aromatic N) is 2. The number of hydrogen-bond acceptors (Lipinski definition) is 3. The van der Waals surface area contributed by atoms with Gasteiger partial charge in [-0.25, -0.2) is 0 Å². The van der Waals surface area contributed by atoms with E-state index in [9.17, 15) is 0 Å². The number of rotatable bonds is 3. The van der Waals surface area contributed by atoms with Crippen LogP contribution in [0, 0.1) is 17.2 Å². The zero-order valence-corrected chi connectivity index (χ0v) is 11.5. The highest BCUT2D eigenvalue weighted by molar-refractivity contribution is 5.47. The predicted octanol–water partition coefficient (Wildman–Crippen LogP) is 2.84. The molecular weight excluding hydrogens is 234 g/mol. The number of nitrogens with one attached hydrogen (secondary N) is 1. The largest absolute Gasteiger partial charge is 0.385 e. The summed E-state index contributed by atoms with van der Waals surface area (Å²) in [5.74, 6) is 0.796. The van der Waals surface area contributed by atoms with Gasteiger partial charge in [-0.1, -0.05) is 0 Å². The van der Waals surface area contributed by atoms with Gasteiger partial charge in [-0.15, -0.1) is 0 Å². The summed E-state index contributed by atoms with van der Waals surface area (Å²) >= 11 is 0. The molecule has 0 aromatic heterocycles. The minimum atomic E-state index is 0.725. The van der Waals surface area contributed by atoms with Crippen molar-refractivity contribution in [1.29, 1.82) is 5.26 Å². The quantitative estimate of drug-likeness (QED) is 0.902. The molecule has 2 fully saturated rings. The zero-order chi connectivity index (χ0) is 13.2. The third-order valence-corrected chi connectivity index (χ3v) is 4.80. The molecule has 0 spiro atoms. The van der Waals surface area contributed by atoms with E-state index in [2.05, 4.69) is 23.3 Å². The normalized spacial score (nSPS) is 30.0.